The molecule has 1 aliphatic rings. The van der Waals surface area contributed by atoms with E-state index in [1.54, 1.807) is 0 Å². The maximum Gasteiger partial charge on any atom is 0.0454 e. The Hall–Kier alpha value is -0.0500. The van der Waals surface area contributed by atoms with E-state index in [1.165, 1.54) is 18.4 Å². The largest absolute Gasteiger partial charge is 0.330 e. The second-order valence-corrected chi connectivity index (χ2v) is 5.27. The monoisotopic (exact) mass is 273 g/mol. The predicted octanol–water partition coefficient (Wildman–Crippen LogP) is 3.48. The van der Waals surface area contributed by atoms with Crippen molar-refractivity contribution in [3.63, 3.8) is 0 Å². The number of rotatable bonds is 3. The molecule has 1 fully saturated rings. The van der Waals surface area contributed by atoms with Crippen LogP contribution in [0.1, 0.15) is 24.8 Å². The highest BCUT2D eigenvalue weighted by Gasteiger charge is 2.44. The first-order valence-corrected chi connectivity index (χ1v) is 6.01. The second-order valence-electron chi connectivity index (χ2n) is 3.94. The number of hydrogen-bond donors (Lipinski definition) is 1. The molecule has 1 aromatic rings. The Kier molecular flexibility index (Phi) is 2.87. The second kappa shape index (κ2) is 3.84. The highest BCUT2D eigenvalue weighted by Crippen LogP contribution is 2.52. The zero-order valence-electron chi connectivity index (χ0n) is 7.89. The van der Waals surface area contributed by atoms with Gasteiger partial charge in [0.2, 0.25) is 0 Å². The minimum atomic E-state index is 0.298. The van der Waals surface area contributed by atoms with Gasteiger partial charge in [-0.15, -0.1) is 0 Å². The Morgan fingerprint density at radius 1 is 1.43 bits per heavy atom. The zero-order valence-corrected chi connectivity index (χ0v) is 10.2. The van der Waals surface area contributed by atoms with Gasteiger partial charge in [-0.3, -0.25) is 0 Å². The van der Waals surface area contributed by atoms with E-state index in [1.807, 2.05) is 6.07 Å². The SMILES string of the molecule is NCCC1(c2ccc(Br)cc2Cl)CC1. The van der Waals surface area contributed by atoms with Crippen molar-refractivity contribution in [3.05, 3.63) is 33.3 Å². The normalized spacial score (nSPS) is 18.2. The van der Waals surface area contributed by atoms with Gasteiger partial charge in [-0.1, -0.05) is 33.6 Å². The molecular weight excluding hydrogens is 261 g/mol. The van der Waals surface area contributed by atoms with Gasteiger partial charge >= 0.3 is 0 Å². The van der Waals surface area contributed by atoms with Crippen LogP contribution in [-0.2, 0) is 5.41 Å². The Balaban J connectivity index is 2.32. The van der Waals surface area contributed by atoms with Crippen molar-refractivity contribution < 1.29 is 0 Å². The van der Waals surface area contributed by atoms with Gasteiger partial charge in [-0.05, 0) is 48.9 Å². The molecule has 0 saturated heterocycles. The maximum absolute atomic E-state index is 6.22. The van der Waals surface area contributed by atoms with Crippen LogP contribution in [0.3, 0.4) is 0 Å². The molecule has 0 aromatic heterocycles. The van der Waals surface area contributed by atoms with Gasteiger partial charge in [-0.2, -0.15) is 0 Å². The third-order valence-corrected chi connectivity index (χ3v) is 3.78. The molecule has 0 heterocycles. The molecule has 0 atom stereocenters. The van der Waals surface area contributed by atoms with Gasteiger partial charge in [0, 0.05) is 9.50 Å². The summed E-state index contributed by atoms with van der Waals surface area (Å²) in [5.41, 5.74) is 7.19. The zero-order chi connectivity index (χ0) is 10.2. The molecule has 0 bridgehead atoms. The molecule has 2 rings (SSSR count). The van der Waals surface area contributed by atoms with E-state index in [9.17, 15) is 0 Å². The van der Waals surface area contributed by atoms with Crippen LogP contribution in [0.15, 0.2) is 22.7 Å². The van der Waals surface area contributed by atoms with Gasteiger partial charge in [0.1, 0.15) is 0 Å². The van der Waals surface area contributed by atoms with Crippen LogP contribution < -0.4 is 5.73 Å². The first-order chi connectivity index (χ1) is 6.68. The van der Waals surface area contributed by atoms with E-state index in [0.717, 1.165) is 22.5 Å². The minimum Gasteiger partial charge on any atom is -0.330 e. The highest BCUT2D eigenvalue weighted by molar-refractivity contribution is 9.10. The molecule has 3 heteroatoms. The molecule has 0 spiro atoms. The van der Waals surface area contributed by atoms with E-state index >= 15 is 0 Å². The summed E-state index contributed by atoms with van der Waals surface area (Å²) in [7, 11) is 0. The molecule has 1 nitrogen and oxygen atoms in total. The van der Waals surface area contributed by atoms with Crippen molar-refractivity contribution >= 4 is 27.5 Å². The van der Waals surface area contributed by atoms with Gasteiger partial charge in [0.05, 0.1) is 0 Å². The standard InChI is InChI=1S/C11H13BrClN/c12-8-1-2-9(10(13)7-8)11(3-4-11)5-6-14/h1-2,7H,3-6,14H2. The number of halogens is 2. The minimum absolute atomic E-state index is 0.298. The average Bonchev–Trinajstić information content (AvgIpc) is 2.86. The van der Waals surface area contributed by atoms with E-state index in [4.69, 9.17) is 17.3 Å². The van der Waals surface area contributed by atoms with Gasteiger partial charge in [-0.25, -0.2) is 0 Å². The summed E-state index contributed by atoms with van der Waals surface area (Å²) >= 11 is 9.63. The molecular formula is C11H13BrClN. The molecule has 14 heavy (non-hydrogen) atoms. The quantitative estimate of drug-likeness (QED) is 0.897. The van der Waals surface area contributed by atoms with E-state index in [2.05, 4.69) is 28.1 Å². The predicted molar refractivity (Wildman–Crippen MR) is 63.7 cm³/mol. The molecule has 1 saturated carbocycles. The van der Waals surface area contributed by atoms with Gasteiger partial charge in [0.15, 0.2) is 0 Å². The number of benzene rings is 1. The molecule has 0 radical (unpaired) electrons. The van der Waals surface area contributed by atoms with Crippen molar-refractivity contribution in [1.29, 1.82) is 0 Å². The fourth-order valence-electron chi connectivity index (χ4n) is 2.00. The maximum atomic E-state index is 6.22. The molecule has 76 valence electrons. The lowest BCUT2D eigenvalue weighted by molar-refractivity contribution is 0.629. The lowest BCUT2D eigenvalue weighted by atomic mass is 9.92. The van der Waals surface area contributed by atoms with E-state index in [0.29, 0.717) is 5.41 Å². The summed E-state index contributed by atoms with van der Waals surface area (Å²) in [5.74, 6) is 0. The third kappa shape index (κ3) is 1.83. The van der Waals surface area contributed by atoms with E-state index in [-0.39, 0.29) is 0 Å². The fraction of sp³-hybridized carbons (Fsp3) is 0.455. The topological polar surface area (TPSA) is 26.0 Å². The summed E-state index contributed by atoms with van der Waals surface area (Å²) in [5, 5.41) is 0.866. The van der Waals surface area contributed by atoms with E-state index < -0.39 is 0 Å². The first kappa shape index (κ1) is 10.5. The Morgan fingerprint density at radius 2 is 2.14 bits per heavy atom. The van der Waals surface area contributed by atoms with Gasteiger partial charge in [0.25, 0.3) is 0 Å². The molecule has 0 unspecified atom stereocenters. The number of hydrogen-bond acceptors (Lipinski definition) is 1. The summed E-state index contributed by atoms with van der Waals surface area (Å²) in [4.78, 5) is 0. The van der Waals surface area contributed by atoms with Crippen LogP contribution in [0.2, 0.25) is 5.02 Å². The molecule has 0 aliphatic heterocycles. The van der Waals surface area contributed by atoms with Crippen molar-refractivity contribution in [3.8, 4) is 0 Å². The Morgan fingerprint density at radius 3 is 2.64 bits per heavy atom. The number of nitrogens with two attached hydrogens (primary N) is 1. The average molecular weight is 275 g/mol. The van der Waals surface area contributed by atoms with Crippen molar-refractivity contribution in [2.45, 2.75) is 24.7 Å². The van der Waals surface area contributed by atoms with Crippen molar-refractivity contribution in [2.24, 2.45) is 5.73 Å². The van der Waals surface area contributed by atoms with Crippen LogP contribution in [0.25, 0.3) is 0 Å². The third-order valence-electron chi connectivity index (χ3n) is 2.98. The smallest absolute Gasteiger partial charge is 0.0454 e. The summed E-state index contributed by atoms with van der Waals surface area (Å²) in [6.07, 6.45) is 3.51. The molecule has 1 aromatic carbocycles. The van der Waals surface area contributed by atoms with Crippen LogP contribution >= 0.6 is 27.5 Å². The van der Waals surface area contributed by atoms with Crippen LogP contribution in [-0.4, -0.2) is 6.54 Å². The Labute approximate surface area is 97.8 Å². The summed E-state index contributed by atoms with van der Waals surface area (Å²) in [6, 6.07) is 6.14. The lowest BCUT2D eigenvalue weighted by Crippen LogP contribution is -2.13. The first-order valence-electron chi connectivity index (χ1n) is 4.83. The van der Waals surface area contributed by atoms with Crippen LogP contribution in [0.5, 0.6) is 0 Å². The van der Waals surface area contributed by atoms with Crippen LogP contribution in [0.4, 0.5) is 0 Å². The fourth-order valence-corrected chi connectivity index (χ4v) is 2.87. The van der Waals surface area contributed by atoms with Crippen molar-refractivity contribution in [1.82, 2.24) is 0 Å². The highest BCUT2D eigenvalue weighted by atomic mass is 79.9. The molecule has 1 aliphatic carbocycles. The van der Waals surface area contributed by atoms with Gasteiger partial charge < -0.3 is 5.73 Å². The van der Waals surface area contributed by atoms with Crippen LogP contribution in [0, 0.1) is 0 Å². The molecule has 2 N–H and O–H groups in total. The summed E-state index contributed by atoms with van der Waals surface area (Å²) < 4.78 is 1.04. The summed E-state index contributed by atoms with van der Waals surface area (Å²) in [6.45, 7) is 0.742. The lowest BCUT2D eigenvalue weighted by Gasteiger charge is -2.16. The van der Waals surface area contributed by atoms with Crippen molar-refractivity contribution in [2.75, 3.05) is 6.54 Å². The Bertz CT molecular complexity index is 347. The molecule has 0 amide bonds.